The molecule has 0 unspecified atom stereocenters. The van der Waals surface area contributed by atoms with E-state index in [0.717, 1.165) is 19.3 Å². The fraction of sp³-hybridized carbons (Fsp3) is 0.692. The van der Waals surface area contributed by atoms with E-state index in [1.54, 1.807) is 21.1 Å². The van der Waals surface area contributed by atoms with Gasteiger partial charge >= 0.3 is 5.69 Å². The maximum atomic E-state index is 11.2. The molecule has 1 aromatic heterocycles. The van der Waals surface area contributed by atoms with Gasteiger partial charge in [-0.2, -0.15) is 4.98 Å². The quantitative estimate of drug-likeness (QED) is 0.558. The molecule has 8 nitrogen and oxygen atoms in total. The third kappa shape index (κ3) is 3.57. The summed E-state index contributed by atoms with van der Waals surface area (Å²) >= 11 is 0. The van der Waals surface area contributed by atoms with E-state index in [-0.39, 0.29) is 16.9 Å². The maximum absolute atomic E-state index is 11.2. The number of nitro groups is 1. The van der Waals surface area contributed by atoms with Crippen molar-refractivity contribution in [3.05, 3.63) is 15.8 Å². The number of rotatable bonds is 8. The van der Waals surface area contributed by atoms with Crippen LogP contribution in [0.3, 0.4) is 0 Å². The number of aryl methyl sites for hydroxylation is 1. The van der Waals surface area contributed by atoms with Gasteiger partial charge in [0, 0.05) is 27.3 Å². The van der Waals surface area contributed by atoms with Gasteiger partial charge in [0.15, 0.2) is 0 Å². The molecule has 1 aliphatic carbocycles. The molecule has 1 fully saturated rings. The van der Waals surface area contributed by atoms with Crippen LogP contribution in [-0.4, -0.2) is 42.2 Å². The standard InChI is InChI=1S/C13H21N5O3/c1-9-10(18(19)20)11(17-12(14-2)16-9)15-8-13(4-5-13)6-7-21-3/h4-8H2,1-3H3,(H2,14,15,16,17). The molecule has 1 aliphatic rings. The van der Waals surface area contributed by atoms with Crippen molar-refractivity contribution >= 4 is 17.5 Å². The average molecular weight is 295 g/mol. The minimum atomic E-state index is -0.439. The Morgan fingerprint density at radius 1 is 1.43 bits per heavy atom. The average Bonchev–Trinajstić information content (AvgIpc) is 3.22. The lowest BCUT2D eigenvalue weighted by Crippen LogP contribution is -2.19. The Morgan fingerprint density at radius 2 is 2.14 bits per heavy atom. The van der Waals surface area contributed by atoms with Crippen molar-refractivity contribution in [3.8, 4) is 0 Å². The molecule has 0 aliphatic heterocycles. The second-order valence-corrected chi connectivity index (χ2v) is 5.43. The first-order chi connectivity index (χ1) is 10.0. The molecule has 1 aromatic rings. The number of anilines is 2. The molecule has 2 rings (SSSR count). The summed E-state index contributed by atoms with van der Waals surface area (Å²) in [5, 5.41) is 17.1. The van der Waals surface area contributed by atoms with Crippen molar-refractivity contribution in [2.45, 2.75) is 26.2 Å². The fourth-order valence-electron chi connectivity index (χ4n) is 2.30. The summed E-state index contributed by atoms with van der Waals surface area (Å²) in [5.74, 6) is 0.655. The summed E-state index contributed by atoms with van der Waals surface area (Å²) < 4.78 is 5.12. The fourth-order valence-corrected chi connectivity index (χ4v) is 2.30. The smallest absolute Gasteiger partial charge is 0.332 e. The Labute approximate surface area is 123 Å². The molecule has 0 atom stereocenters. The molecule has 116 valence electrons. The van der Waals surface area contributed by atoms with Crippen molar-refractivity contribution in [1.29, 1.82) is 0 Å². The number of methoxy groups -OCH3 is 1. The maximum Gasteiger partial charge on any atom is 0.332 e. The van der Waals surface area contributed by atoms with Crippen LogP contribution in [0.25, 0.3) is 0 Å². The van der Waals surface area contributed by atoms with E-state index in [1.165, 1.54) is 0 Å². The second kappa shape index (κ2) is 6.21. The van der Waals surface area contributed by atoms with Gasteiger partial charge in [0.1, 0.15) is 5.69 Å². The Balaban J connectivity index is 2.15. The molecular formula is C13H21N5O3. The second-order valence-electron chi connectivity index (χ2n) is 5.43. The van der Waals surface area contributed by atoms with E-state index >= 15 is 0 Å². The van der Waals surface area contributed by atoms with Crippen LogP contribution in [0.2, 0.25) is 0 Å². The Morgan fingerprint density at radius 3 is 2.67 bits per heavy atom. The summed E-state index contributed by atoms with van der Waals surface area (Å²) in [5.41, 5.74) is 0.475. The lowest BCUT2D eigenvalue weighted by atomic mass is 10.0. The van der Waals surface area contributed by atoms with Crippen molar-refractivity contribution in [1.82, 2.24) is 9.97 Å². The van der Waals surface area contributed by atoms with Gasteiger partial charge in [-0.05, 0) is 31.6 Å². The van der Waals surface area contributed by atoms with E-state index in [2.05, 4.69) is 20.6 Å². The monoisotopic (exact) mass is 295 g/mol. The third-order valence-corrected chi connectivity index (χ3v) is 3.89. The zero-order valence-electron chi connectivity index (χ0n) is 12.6. The van der Waals surface area contributed by atoms with Gasteiger partial charge in [-0.15, -0.1) is 0 Å². The molecule has 0 spiro atoms. The van der Waals surface area contributed by atoms with E-state index in [0.29, 0.717) is 24.8 Å². The van der Waals surface area contributed by atoms with Gasteiger partial charge in [-0.3, -0.25) is 10.1 Å². The van der Waals surface area contributed by atoms with Crippen molar-refractivity contribution in [2.75, 3.05) is 37.9 Å². The van der Waals surface area contributed by atoms with Gasteiger partial charge in [-0.1, -0.05) is 0 Å². The number of nitrogens with one attached hydrogen (secondary N) is 2. The lowest BCUT2D eigenvalue weighted by molar-refractivity contribution is -0.385. The number of nitrogens with zero attached hydrogens (tertiary/aromatic N) is 3. The molecule has 0 aromatic carbocycles. The predicted molar refractivity (Wildman–Crippen MR) is 79.6 cm³/mol. The summed E-state index contributed by atoms with van der Waals surface area (Å²) in [6.45, 7) is 2.98. The van der Waals surface area contributed by atoms with E-state index in [1.807, 2.05) is 0 Å². The van der Waals surface area contributed by atoms with Crippen molar-refractivity contribution < 1.29 is 9.66 Å². The Hall–Kier alpha value is -1.96. The summed E-state index contributed by atoms with van der Waals surface area (Å²) in [4.78, 5) is 19.0. The number of ether oxygens (including phenoxy) is 1. The van der Waals surface area contributed by atoms with Crippen LogP contribution in [0.15, 0.2) is 0 Å². The first-order valence-corrected chi connectivity index (χ1v) is 6.95. The topological polar surface area (TPSA) is 102 Å². The van der Waals surface area contributed by atoms with Gasteiger partial charge in [0.2, 0.25) is 11.8 Å². The summed E-state index contributed by atoms with van der Waals surface area (Å²) in [6.07, 6.45) is 3.17. The highest BCUT2D eigenvalue weighted by Crippen LogP contribution is 2.49. The van der Waals surface area contributed by atoms with Crippen LogP contribution in [0.5, 0.6) is 0 Å². The van der Waals surface area contributed by atoms with Crippen LogP contribution in [0, 0.1) is 22.5 Å². The molecule has 0 radical (unpaired) electrons. The van der Waals surface area contributed by atoms with E-state index in [4.69, 9.17) is 4.74 Å². The number of hydrogen-bond acceptors (Lipinski definition) is 7. The molecule has 0 amide bonds. The third-order valence-electron chi connectivity index (χ3n) is 3.89. The van der Waals surface area contributed by atoms with Crippen LogP contribution < -0.4 is 10.6 Å². The van der Waals surface area contributed by atoms with Crippen LogP contribution in [0.4, 0.5) is 17.5 Å². The minimum Gasteiger partial charge on any atom is -0.385 e. The molecule has 1 saturated carbocycles. The SMILES string of the molecule is CNc1nc(C)c([N+](=O)[O-])c(NCC2(CCOC)CC2)n1. The molecule has 2 N–H and O–H groups in total. The van der Waals surface area contributed by atoms with Gasteiger partial charge in [-0.25, -0.2) is 4.98 Å². The molecule has 1 heterocycles. The predicted octanol–water partition coefficient (Wildman–Crippen LogP) is 1.96. The highest BCUT2D eigenvalue weighted by Gasteiger charge is 2.42. The highest BCUT2D eigenvalue weighted by molar-refractivity contribution is 5.60. The minimum absolute atomic E-state index is 0.0588. The zero-order valence-corrected chi connectivity index (χ0v) is 12.6. The molecule has 21 heavy (non-hydrogen) atoms. The number of hydrogen-bond donors (Lipinski definition) is 2. The van der Waals surface area contributed by atoms with Crippen LogP contribution >= 0.6 is 0 Å². The molecular weight excluding hydrogens is 274 g/mol. The molecule has 0 saturated heterocycles. The van der Waals surface area contributed by atoms with Crippen LogP contribution in [-0.2, 0) is 4.74 Å². The highest BCUT2D eigenvalue weighted by atomic mass is 16.6. The van der Waals surface area contributed by atoms with E-state index < -0.39 is 4.92 Å². The van der Waals surface area contributed by atoms with E-state index in [9.17, 15) is 10.1 Å². The summed E-state index contributed by atoms with van der Waals surface area (Å²) in [6, 6.07) is 0. The Bertz CT molecular complexity index is 531. The summed E-state index contributed by atoms with van der Waals surface area (Å²) in [7, 11) is 3.37. The Kier molecular flexibility index (Phi) is 4.56. The van der Waals surface area contributed by atoms with Gasteiger partial charge < -0.3 is 15.4 Å². The van der Waals surface area contributed by atoms with Crippen LogP contribution in [0.1, 0.15) is 25.0 Å². The largest absolute Gasteiger partial charge is 0.385 e. The lowest BCUT2D eigenvalue weighted by Gasteiger charge is -2.16. The van der Waals surface area contributed by atoms with Gasteiger partial charge in [0.25, 0.3) is 0 Å². The normalized spacial score (nSPS) is 15.6. The number of aromatic nitrogens is 2. The van der Waals surface area contributed by atoms with Gasteiger partial charge in [0.05, 0.1) is 4.92 Å². The molecule has 8 heteroatoms. The first-order valence-electron chi connectivity index (χ1n) is 6.95. The first kappa shape index (κ1) is 15.4. The zero-order chi connectivity index (χ0) is 15.5. The molecule has 0 bridgehead atoms. The van der Waals surface area contributed by atoms with Crippen molar-refractivity contribution in [2.24, 2.45) is 5.41 Å². The van der Waals surface area contributed by atoms with Crippen molar-refractivity contribution in [3.63, 3.8) is 0 Å².